The normalized spacial score (nSPS) is 27.7. The van der Waals surface area contributed by atoms with Gasteiger partial charge in [0.15, 0.2) is 5.96 Å². The maximum absolute atomic E-state index is 10.6. The third-order valence-corrected chi connectivity index (χ3v) is 7.16. The Morgan fingerprint density at radius 3 is 2.61 bits per heavy atom. The number of aliphatic hydroxyl groups excluding tert-OH is 1. The Kier molecular flexibility index (Phi) is 9.43. The van der Waals surface area contributed by atoms with Crippen molar-refractivity contribution in [3.05, 3.63) is 35.4 Å². The highest BCUT2D eigenvalue weighted by Gasteiger charge is 2.36. The highest BCUT2D eigenvalue weighted by atomic mass is 127. The van der Waals surface area contributed by atoms with E-state index < -0.39 is 6.10 Å². The highest BCUT2D eigenvalue weighted by Crippen LogP contribution is 2.32. The second-order valence-corrected chi connectivity index (χ2v) is 9.34. The van der Waals surface area contributed by atoms with Crippen LogP contribution in [0.25, 0.3) is 0 Å². The van der Waals surface area contributed by atoms with Gasteiger partial charge in [0.1, 0.15) is 0 Å². The summed E-state index contributed by atoms with van der Waals surface area (Å²) in [6.07, 6.45) is 7.00. The van der Waals surface area contributed by atoms with Crippen molar-refractivity contribution in [3.63, 3.8) is 0 Å². The zero-order valence-corrected chi connectivity index (χ0v) is 21.4. The lowest BCUT2D eigenvalue weighted by Gasteiger charge is -2.47. The van der Waals surface area contributed by atoms with E-state index in [1.165, 1.54) is 43.2 Å². The van der Waals surface area contributed by atoms with Crippen molar-refractivity contribution in [2.75, 3.05) is 33.2 Å². The molecule has 0 radical (unpaired) electrons. The number of aliphatic imine (C=N–C) groups is 1. The number of guanidine groups is 1. The van der Waals surface area contributed by atoms with E-state index in [9.17, 15) is 5.11 Å². The fourth-order valence-electron chi connectivity index (χ4n) is 5.51. The third kappa shape index (κ3) is 6.55. The van der Waals surface area contributed by atoms with Gasteiger partial charge in [-0.05, 0) is 57.2 Å². The molecule has 3 aliphatic rings. The van der Waals surface area contributed by atoms with E-state index in [0.29, 0.717) is 31.2 Å². The number of hydrogen-bond acceptors (Lipinski definition) is 4. The van der Waals surface area contributed by atoms with E-state index in [2.05, 4.69) is 58.7 Å². The number of β-amino-alcohol motifs (C(OH)–C–C–N with tert-alkyl or cyclic N) is 1. The van der Waals surface area contributed by atoms with Crippen LogP contribution in [0, 0.1) is 0 Å². The number of fused-ring (bicyclic) bond motifs is 3. The molecule has 3 aliphatic heterocycles. The second-order valence-electron chi connectivity index (χ2n) is 9.34. The topological polar surface area (TPSA) is 63.1 Å². The fourth-order valence-corrected chi connectivity index (χ4v) is 5.51. The van der Waals surface area contributed by atoms with Crippen LogP contribution < -0.4 is 10.6 Å². The van der Waals surface area contributed by atoms with Gasteiger partial charge in [-0.3, -0.25) is 9.89 Å². The van der Waals surface area contributed by atoms with Crippen LogP contribution in [0.3, 0.4) is 0 Å². The molecule has 0 amide bonds. The van der Waals surface area contributed by atoms with Crippen LogP contribution >= 0.6 is 24.0 Å². The van der Waals surface area contributed by atoms with E-state index in [0.717, 1.165) is 32.0 Å². The zero-order valence-electron chi connectivity index (χ0n) is 19.1. The van der Waals surface area contributed by atoms with Gasteiger partial charge in [-0.1, -0.05) is 30.7 Å². The minimum Gasteiger partial charge on any atom is -0.390 e. The van der Waals surface area contributed by atoms with Crippen LogP contribution in [0.2, 0.25) is 0 Å². The van der Waals surface area contributed by atoms with Crippen molar-refractivity contribution >= 4 is 29.9 Å². The molecule has 174 valence electrons. The predicted octanol–water partition coefficient (Wildman–Crippen LogP) is 2.59. The van der Waals surface area contributed by atoms with Gasteiger partial charge in [-0.15, -0.1) is 24.0 Å². The van der Waals surface area contributed by atoms with Crippen molar-refractivity contribution in [3.8, 4) is 0 Å². The average molecular weight is 542 g/mol. The minimum atomic E-state index is -0.442. The van der Waals surface area contributed by atoms with Crippen molar-refractivity contribution in [1.29, 1.82) is 0 Å². The first-order valence-corrected chi connectivity index (χ1v) is 11.9. The Balaban J connectivity index is 0.00000272. The van der Waals surface area contributed by atoms with Crippen LogP contribution in [-0.2, 0) is 13.0 Å². The maximum Gasteiger partial charge on any atom is 0.191 e. The lowest BCUT2D eigenvalue weighted by Crippen LogP contribution is -2.56. The molecular formula is C24H40IN5O. The molecule has 3 N–H and O–H groups in total. The fraction of sp³-hybridized carbons (Fsp3) is 0.708. The van der Waals surface area contributed by atoms with Gasteiger partial charge in [0, 0.05) is 44.3 Å². The largest absolute Gasteiger partial charge is 0.390 e. The lowest BCUT2D eigenvalue weighted by molar-refractivity contribution is 0.0526. The van der Waals surface area contributed by atoms with Crippen LogP contribution in [0.1, 0.15) is 50.2 Å². The Morgan fingerprint density at radius 1 is 1.19 bits per heavy atom. The number of halogens is 1. The van der Waals surface area contributed by atoms with Crippen LogP contribution in [0.4, 0.5) is 0 Å². The molecule has 7 heteroatoms. The molecule has 1 aromatic carbocycles. The quantitative estimate of drug-likeness (QED) is 0.294. The van der Waals surface area contributed by atoms with Gasteiger partial charge in [0.2, 0.25) is 0 Å². The van der Waals surface area contributed by atoms with Crippen molar-refractivity contribution < 1.29 is 5.11 Å². The number of benzene rings is 1. The highest BCUT2D eigenvalue weighted by molar-refractivity contribution is 14.0. The number of hydrogen-bond donors (Lipinski definition) is 3. The molecule has 0 aromatic heterocycles. The lowest BCUT2D eigenvalue weighted by atomic mass is 9.82. The molecule has 3 atom stereocenters. The Morgan fingerprint density at radius 2 is 1.90 bits per heavy atom. The first-order chi connectivity index (χ1) is 14.6. The van der Waals surface area contributed by atoms with E-state index in [-0.39, 0.29) is 24.0 Å². The van der Waals surface area contributed by atoms with Gasteiger partial charge in [0.05, 0.1) is 12.6 Å². The van der Waals surface area contributed by atoms with Gasteiger partial charge in [-0.2, -0.15) is 0 Å². The summed E-state index contributed by atoms with van der Waals surface area (Å²) < 4.78 is 0. The smallest absolute Gasteiger partial charge is 0.191 e. The summed E-state index contributed by atoms with van der Waals surface area (Å²) in [5.74, 6) is 0.855. The predicted molar refractivity (Wildman–Crippen MR) is 138 cm³/mol. The molecule has 3 unspecified atom stereocenters. The second kappa shape index (κ2) is 11.8. The number of nitrogens with one attached hydrogen (secondary N) is 2. The summed E-state index contributed by atoms with van der Waals surface area (Å²) in [5, 5.41) is 17.7. The van der Waals surface area contributed by atoms with Crippen LogP contribution in [0.5, 0.6) is 0 Å². The van der Waals surface area contributed by atoms with Crippen LogP contribution in [-0.4, -0.2) is 78.3 Å². The molecule has 0 saturated carbocycles. The van der Waals surface area contributed by atoms with Gasteiger partial charge >= 0.3 is 0 Å². The number of nitrogens with zero attached hydrogens (tertiary/aromatic N) is 3. The molecule has 3 heterocycles. The molecule has 6 nitrogen and oxygen atoms in total. The Labute approximate surface area is 204 Å². The summed E-state index contributed by atoms with van der Waals surface area (Å²) in [6.45, 7) is 5.98. The van der Waals surface area contributed by atoms with Crippen LogP contribution in [0.15, 0.2) is 29.3 Å². The molecule has 1 aromatic rings. The Hall–Kier alpha value is -0.900. The monoisotopic (exact) mass is 541 g/mol. The Bertz CT molecular complexity index is 716. The SMILES string of the molecule is CCNC(=NCC(O)CN1CCc2ccccc2C1)NC1CC2CCCC(C1)N2C.I. The van der Waals surface area contributed by atoms with Crippen molar-refractivity contribution in [2.24, 2.45) is 4.99 Å². The van der Waals surface area contributed by atoms with Gasteiger partial charge in [-0.25, -0.2) is 0 Å². The first kappa shape index (κ1) is 24.7. The minimum absolute atomic E-state index is 0. The van der Waals surface area contributed by atoms with Gasteiger partial charge < -0.3 is 20.6 Å². The molecular weight excluding hydrogens is 501 g/mol. The molecule has 31 heavy (non-hydrogen) atoms. The van der Waals surface area contributed by atoms with E-state index in [1.807, 2.05) is 0 Å². The number of rotatable bonds is 6. The van der Waals surface area contributed by atoms with E-state index in [1.54, 1.807) is 0 Å². The average Bonchev–Trinajstić information content (AvgIpc) is 2.73. The van der Waals surface area contributed by atoms with Crippen molar-refractivity contribution in [1.82, 2.24) is 20.4 Å². The molecule has 0 spiro atoms. The number of aliphatic hydroxyl groups is 1. The molecule has 0 aliphatic carbocycles. The zero-order chi connectivity index (χ0) is 20.9. The van der Waals surface area contributed by atoms with E-state index in [4.69, 9.17) is 4.99 Å². The van der Waals surface area contributed by atoms with Gasteiger partial charge in [0.25, 0.3) is 0 Å². The van der Waals surface area contributed by atoms with Crippen molar-refractivity contribution in [2.45, 2.75) is 76.2 Å². The molecule has 2 bridgehead atoms. The van der Waals surface area contributed by atoms with E-state index >= 15 is 0 Å². The summed E-state index contributed by atoms with van der Waals surface area (Å²) >= 11 is 0. The third-order valence-electron chi connectivity index (χ3n) is 7.16. The molecule has 2 saturated heterocycles. The maximum atomic E-state index is 10.6. The molecule has 2 fully saturated rings. The summed E-state index contributed by atoms with van der Waals surface area (Å²) in [4.78, 5) is 9.67. The standard InChI is InChI=1S/C24H39N5O.HI/c1-3-25-24(27-20-13-21-9-6-10-22(14-20)28(21)2)26-15-23(30)17-29-12-11-18-7-4-5-8-19(18)16-29;/h4-5,7-8,20-23,30H,3,6,9-17H2,1-2H3,(H2,25,26,27);1H. The summed E-state index contributed by atoms with van der Waals surface area (Å²) in [7, 11) is 2.29. The molecule has 4 rings (SSSR count). The summed E-state index contributed by atoms with van der Waals surface area (Å²) in [6, 6.07) is 10.5. The summed E-state index contributed by atoms with van der Waals surface area (Å²) in [5.41, 5.74) is 2.84. The first-order valence-electron chi connectivity index (χ1n) is 11.9. The number of piperidine rings is 2.